The van der Waals surface area contributed by atoms with Gasteiger partial charge in [-0.05, 0) is 83.3 Å². The fraction of sp³-hybridized carbons (Fsp3) is 0.355. The number of sulfonamides is 1. The minimum atomic E-state index is -3.78. The predicted molar refractivity (Wildman–Crippen MR) is 167 cm³/mol. The molecule has 212 valence electrons. The Morgan fingerprint density at radius 1 is 0.950 bits per heavy atom. The molecule has 3 aromatic rings. The van der Waals surface area contributed by atoms with Crippen molar-refractivity contribution in [3.8, 4) is 0 Å². The van der Waals surface area contributed by atoms with E-state index in [1.54, 1.807) is 29.2 Å². The summed E-state index contributed by atoms with van der Waals surface area (Å²) in [5.74, 6) is -0.646. The largest absolute Gasteiger partial charge is 0.352 e. The minimum absolute atomic E-state index is 0.0838. The maximum atomic E-state index is 14.2. The van der Waals surface area contributed by atoms with Crippen LogP contribution in [0.1, 0.15) is 42.4 Å². The molecule has 1 aliphatic rings. The Labute approximate surface area is 251 Å². The predicted octanol–water partition coefficient (Wildman–Crippen LogP) is 5.06. The number of halogens is 1. The van der Waals surface area contributed by atoms with Crippen molar-refractivity contribution in [2.24, 2.45) is 0 Å². The van der Waals surface area contributed by atoms with Crippen molar-refractivity contribution in [2.45, 2.75) is 57.7 Å². The van der Waals surface area contributed by atoms with E-state index in [4.69, 9.17) is 0 Å². The molecular formula is C31H36IN3O4S. The van der Waals surface area contributed by atoms with Crippen LogP contribution in [0, 0.1) is 10.5 Å². The van der Waals surface area contributed by atoms with Crippen LogP contribution in [0.25, 0.3) is 0 Å². The number of hydrogen-bond acceptors (Lipinski definition) is 4. The Hall–Kier alpha value is -2.92. The Morgan fingerprint density at radius 3 is 2.20 bits per heavy atom. The fourth-order valence-corrected chi connectivity index (χ4v) is 6.32. The number of amides is 2. The van der Waals surface area contributed by atoms with Crippen LogP contribution in [-0.2, 0) is 32.6 Å². The van der Waals surface area contributed by atoms with Crippen molar-refractivity contribution in [1.29, 1.82) is 0 Å². The van der Waals surface area contributed by atoms with Gasteiger partial charge in [0.2, 0.25) is 21.8 Å². The summed E-state index contributed by atoms with van der Waals surface area (Å²) in [7, 11) is -3.78. The van der Waals surface area contributed by atoms with Gasteiger partial charge in [0, 0.05) is 22.6 Å². The van der Waals surface area contributed by atoms with Gasteiger partial charge in [0.25, 0.3) is 0 Å². The van der Waals surface area contributed by atoms with E-state index in [1.165, 1.54) is 0 Å². The summed E-state index contributed by atoms with van der Waals surface area (Å²) in [4.78, 5) is 29.6. The minimum Gasteiger partial charge on any atom is -0.352 e. The summed E-state index contributed by atoms with van der Waals surface area (Å²) >= 11 is 2.15. The Kier molecular flexibility index (Phi) is 10.2. The van der Waals surface area contributed by atoms with Gasteiger partial charge in [-0.1, -0.05) is 67.4 Å². The first kappa shape index (κ1) is 30.0. The van der Waals surface area contributed by atoms with Gasteiger partial charge in [0.05, 0.1) is 11.9 Å². The average molecular weight is 674 g/mol. The Bertz CT molecular complexity index is 1410. The van der Waals surface area contributed by atoms with Crippen LogP contribution in [0.3, 0.4) is 0 Å². The van der Waals surface area contributed by atoms with Crippen molar-refractivity contribution in [3.05, 3.63) is 99.1 Å². The third-order valence-electron chi connectivity index (χ3n) is 7.37. The number of rotatable bonds is 11. The van der Waals surface area contributed by atoms with Crippen LogP contribution in [0.4, 0.5) is 5.69 Å². The van der Waals surface area contributed by atoms with Gasteiger partial charge in [0.15, 0.2) is 0 Å². The number of nitrogens with zero attached hydrogens (tertiary/aromatic N) is 2. The number of nitrogens with one attached hydrogen (secondary N) is 1. The third kappa shape index (κ3) is 8.06. The lowest BCUT2D eigenvalue weighted by molar-refractivity contribution is -0.140. The third-order valence-corrected chi connectivity index (χ3v) is 9.23. The molecule has 0 aliphatic heterocycles. The first-order valence-corrected chi connectivity index (χ1v) is 16.5. The van der Waals surface area contributed by atoms with Gasteiger partial charge in [-0.15, -0.1) is 0 Å². The lowest BCUT2D eigenvalue weighted by Gasteiger charge is -2.34. The summed E-state index contributed by atoms with van der Waals surface area (Å²) in [6, 6.07) is 23.6. The van der Waals surface area contributed by atoms with Crippen LogP contribution in [-0.4, -0.2) is 50.0 Å². The van der Waals surface area contributed by atoms with Crippen molar-refractivity contribution in [3.63, 3.8) is 0 Å². The van der Waals surface area contributed by atoms with Gasteiger partial charge in [-0.3, -0.25) is 13.9 Å². The van der Waals surface area contributed by atoms with E-state index in [1.807, 2.05) is 61.5 Å². The van der Waals surface area contributed by atoms with Gasteiger partial charge in [0.1, 0.15) is 12.6 Å². The fourth-order valence-electron chi connectivity index (χ4n) is 5.11. The van der Waals surface area contributed by atoms with E-state index >= 15 is 0 Å². The van der Waals surface area contributed by atoms with Crippen LogP contribution in [0.2, 0.25) is 0 Å². The second kappa shape index (κ2) is 13.6. The zero-order valence-electron chi connectivity index (χ0n) is 22.9. The molecule has 0 aromatic heterocycles. The van der Waals surface area contributed by atoms with E-state index in [9.17, 15) is 18.0 Å². The molecule has 0 saturated heterocycles. The molecule has 0 heterocycles. The van der Waals surface area contributed by atoms with Gasteiger partial charge in [-0.2, -0.15) is 0 Å². The molecule has 40 heavy (non-hydrogen) atoms. The van der Waals surface area contributed by atoms with E-state index in [2.05, 4.69) is 27.9 Å². The number of benzene rings is 3. The second-order valence-corrected chi connectivity index (χ2v) is 13.5. The number of anilines is 1. The molecule has 1 fully saturated rings. The smallest absolute Gasteiger partial charge is 0.244 e. The van der Waals surface area contributed by atoms with Crippen LogP contribution >= 0.6 is 22.6 Å². The average Bonchev–Trinajstić information content (AvgIpc) is 3.44. The molecule has 1 N–H and O–H groups in total. The highest BCUT2D eigenvalue weighted by Crippen LogP contribution is 2.23. The number of carbonyl (C=O) groups excluding carboxylic acids is 2. The summed E-state index contributed by atoms with van der Waals surface area (Å²) in [5, 5.41) is 3.19. The highest BCUT2D eigenvalue weighted by Gasteiger charge is 2.34. The van der Waals surface area contributed by atoms with E-state index in [0.29, 0.717) is 12.1 Å². The van der Waals surface area contributed by atoms with Crippen molar-refractivity contribution in [2.75, 3.05) is 17.1 Å². The first-order valence-electron chi connectivity index (χ1n) is 13.5. The summed E-state index contributed by atoms with van der Waals surface area (Å²) in [6.45, 7) is 1.75. The van der Waals surface area contributed by atoms with Crippen molar-refractivity contribution in [1.82, 2.24) is 10.2 Å². The van der Waals surface area contributed by atoms with Crippen LogP contribution < -0.4 is 9.62 Å². The highest BCUT2D eigenvalue weighted by molar-refractivity contribution is 14.1. The zero-order chi connectivity index (χ0) is 28.7. The summed E-state index contributed by atoms with van der Waals surface area (Å²) in [5.41, 5.74) is 3.23. The first-order chi connectivity index (χ1) is 19.1. The normalized spacial score (nSPS) is 14.5. The van der Waals surface area contributed by atoms with Crippen molar-refractivity contribution >= 4 is 50.1 Å². The summed E-state index contributed by atoms with van der Waals surface area (Å²) < 4.78 is 27.8. The molecule has 1 aliphatic carbocycles. The molecule has 0 spiro atoms. The standard InChI is InChI=1S/C31H36IN3O4S/c1-23-10-6-7-13-25(23)21-34(30(36)22-35(40(2,38)39)28-18-16-26(32)17-19-28)29(20-24-11-4-3-5-12-24)31(37)33-27-14-8-9-15-27/h3-7,10-13,16-19,27,29H,8-9,14-15,20-22H2,1-2H3,(H,33,37)/t29-/m0/s1. The Balaban J connectivity index is 1.72. The zero-order valence-corrected chi connectivity index (χ0v) is 25.9. The molecule has 1 saturated carbocycles. The topological polar surface area (TPSA) is 86.8 Å². The SMILES string of the molecule is Cc1ccccc1CN(C(=O)CN(c1ccc(I)cc1)S(C)(=O)=O)[C@@H](Cc1ccccc1)C(=O)NC1CCCC1. The number of hydrogen-bond donors (Lipinski definition) is 1. The second-order valence-electron chi connectivity index (χ2n) is 10.4. The molecule has 1 atom stereocenters. The van der Waals surface area contributed by atoms with Gasteiger partial charge >= 0.3 is 0 Å². The molecule has 3 aromatic carbocycles. The summed E-state index contributed by atoms with van der Waals surface area (Å²) in [6.07, 6.45) is 5.39. The molecular weight excluding hydrogens is 637 g/mol. The van der Waals surface area contributed by atoms with Gasteiger partial charge < -0.3 is 10.2 Å². The molecule has 0 radical (unpaired) electrons. The Morgan fingerprint density at radius 2 is 1.57 bits per heavy atom. The van der Waals surface area contributed by atoms with Crippen LogP contribution in [0.15, 0.2) is 78.9 Å². The van der Waals surface area contributed by atoms with Gasteiger partial charge in [-0.25, -0.2) is 8.42 Å². The molecule has 0 unspecified atom stereocenters. The molecule has 0 bridgehead atoms. The van der Waals surface area contributed by atoms with Crippen molar-refractivity contribution < 1.29 is 18.0 Å². The maximum Gasteiger partial charge on any atom is 0.244 e. The maximum absolute atomic E-state index is 14.2. The van der Waals surface area contributed by atoms with Crippen LogP contribution in [0.5, 0.6) is 0 Å². The number of aryl methyl sites for hydroxylation is 1. The molecule has 2 amide bonds. The molecule has 9 heteroatoms. The van der Waals surface area contributed by atoms with E-state index in [-0.39, 0.29) is 18.5 Å². The monoisotopic (exact) mass is 673 g/mol. The van der Waals surface area contributed by atoms with E-state index < -0.39 is 28.5 Å². The lowest BCUT2D eigenvalue weighted by Crippen LogP contribution is -2.54. The molecule has 7 nitrogen and oxygen atoms in total. The highest BCUT2D eigenvalue weighted by atomic mass is 127. The van der Waals surface area contributed by atoms with E-state index in [0.717, 1.165) is 56.5 Å². The number of carbonyl (C=O) groups is 2. The quantitative estimate of drug-likeness (QED) is 0.289. The lowest BCUT2D eigenvalue weighted by atomic mass is 10.0. The molecule has 4 rings (SSSR count).